The molecule has 0 aliphatic carbocycles. The van der Waals surface area contributed by atoms with Gasteiger partial charge in [-0.05, 0) is 41.5 Å². The van der Waals surface area contributed by atoms with E-state index in [0.29, 0.717) is 11.4 Å². The molecule has 1 aromatic heterocycles. The Labute approximate surface area is 145 Å². The van der Waals surface area contributed by atoms with Crippen LogP contribution in [0.25, 0.3) is 21.7 Å². The minimum Gasteiger partial charge on any atom is -0.507 e. The summed E-state index contributed by atoms with van der Waals surface area (Å²) >= 11 is 0. The molecule has 0 aliphatic heterocycles. The number of rotatable bonds is 3. The lowest BCUT2D eigenvalue weighted by molar-refractivity contribution is 0.475. The van der Waals surface area contributed by atoms with Crippen LogP contribution in [0.1, 0.15) is 11.1 Å². The van der Waals surface area contributed by atoms with E-state index >= 15 is 0 Å². The van der Waals surface area contributed by atoms with Gasteiger partial charge in [-0.2, -0.15) is 5.10 Å². The van der Waals surface area contributed by atoms with Crippen molar-refractivity contribution in [1.82, 2.24) is 4.98 Å². The van der Waals surface area contributed by atoms with Crippen LogP contribution in [0, 0.1) is 6.92 Å². The van der Waals surface area contributed by atoms with Gasteiger partial charge in [0.2, 0.25) is 0 Å². The number of hydrazone groups is 1. The first-order chi connectivity index (χ1) is 12.2. The van der Waals surface area contributed by atoms with Crippen LogP contribution in [0.2, 0.25) is 0 Å². The average Bonchev–Trinajstić information content (AvgIpc) is 2.64. The number of nitrogens with one attached hydrogen (secondary N) is 1. The molecule has 2 N–H and O–H groups in total. The van der Waals surface area contributed by atoms with Crippen molar-refractivity contribution in [2.75, 3.05) is 5.43 Å². The molecule has 0 radical (unpaired) electrons. The van der Waals surface area contributed by atoms with Crippen molar-refractivity contribution in [3.8, 4) is 5.75 Å². The lowest BCUT2D eigenvalue weighted by Crippen LogP contribution is -1.96. The number of anilines is 1. The first-order valence-electron chi connectivity index (χ1n) is 8.08. The largest absolute Gasteiger partial charge is 0.507 e. The van der Waals surface area contributed by atoms with E-state index in [9.17, 15) is 5.11 Å². The fraction of sp³-hybridized carbons (Fsp3) is 0.0476. The van der Waals surface area contributed by atoms with Gasteiger partial charge in [-0.25, -0.2) is 4.98 Å². The summed E-state index contributed by atoms with van der Waals surface area (Å²) in [6, 6.07) is 21.4. The van der Waals surface area contributed by atoms with E-state index < -0.39 is 0 Å². The minimum absolute atomic E-state index is 0.201. The Hall–Kier alpha value is -3.40. The Morgan fingerprint density at radius 3 is 2.60 bits per heavy atom. The highest BCUT2D eigenvalue weighted by atomic mass is 16.3. The summed E-state index contributed by atoms with van der Waals surface area (Å²) in [5.41, 5.74) is 5.71. The minimum atomic E-state index is 0.201. The summed E-state index contributed by atoms with van der Waals surface area (Å²) < 4.78 is 0. The SMILES string of the molecule is Cc1cc(NN=Cc2c(O)ccc3ccccc23)nc2ccccc12. The molecule has 0 saturated heterocycles. The molecular weight excluding hydrogens is 310 g/mol. The quantitative estimate of drug-likeness (QED) is 0.418. The second-order valence-electron chi connectivity index (χ2n) is 5.93. The monoisotopic (exact) mass is 327 g/mol. The van der Waals surface area contributed by atoms with Gasteiger partial charge in [-0.15, -0.1) is 0 Å². The van der Waals surface area contributed by atoms with Gasteiger partial charge in [0.1, 0.15) is 11.6 Å². The summed E-state index contributed by atoms with van der Waals surface area (Å²) in [5.74, 6) is 0.874. The smallest absolute Gasteiger partial charge is 0.147 e. The van der Waals surface area contributed by atoms with Crippen molar-refractivity contribution in [2.45, 2.75) is 6.92 Å². The third-order valence-electron chi connectivity index (χ3n) is 4.24. The van der Waals surface area contributed by atoms with Crippen LogP contribution >= 0.6 is 0 Å². The number of hydrogen-bond acceptors (Lipinski definition) is 4. The van der Waals surface area contributed by atoms with Crippen LogP contribution in [0.15, 0.2) is 71.8 Å². The molecule has 0 bridgehead atoms. The maximum Gasteiger partial charge on any atom is 0.147 e. The Balaban J connectivity index is 1.67. The van der Waals surface area contributed by atoms with Gasteiger partial charge in [0.05, 0.1) is 11.7 Å². The van der Waals surface area contributed by atoms with Crippen LogP contribution in [0.4, 0.5) is 5.82 Å². The zero-order valence-electron chi connectivity index (χ0n) is 13.8. The molecule has 0 fully saturated rings. The van der Waals surface area contributed by atoms with Gasteiger partial charge in [0.25, 0.3) is 0 Å². The van der Waals surface area contributed by atoms with Crippen molar-refractivity contribution in [3.63, 3.8) is 0 Å². The molecule has 122 valence electrons. The molecule has 0 aliphatic rings. The number of pyridine rings is 1. The first kappa shape index (κ1) is 15.1. The van der Waals surface area contributed by atoms with Crippen molar-refractivity contribution in [3.05, 3.63) is 77.9 Å². The predicted octanol–water partition coefficient (Wildman–Crippen LogP) is 4.85. The highest BCUT2D eigenvalue weighted by Gasteiger charge is 2.05. The van der Waals surface area contributed by atoms with Gasteiger partial charge < -0.3 is 5.11 Å². The highest BCUT2D eigenvalue weighted by molar-refractivity contribution is 6.02. The predicted molar refractivity (Wildman–Crippen MR) is 103 cm³/mol. The number of aryl methyl sites for hydroxylation is 1. The number of aromatic nitrogens is 1. The standard InChI is InChI=1S/C21H17N3O/c1-14-12-21(23-19-9-5-4-7-16(14)19)24-22-13-18-17-8-3-2-6-15(17)10-11-20(18)25/h2-13,25H,1H3,(H,23,24). The Kier molecular flexibility index (Phi) is 3.78. The molecule has 0 saturated carbocycles. The van der Waals surface area contributed by atoms with E-state index in [2.05, 4.69) is 28.5 Å². The molecule has 0 unspecified atom stereocenters. The third-order valence-corrected chi connectivity index (χ3v) is 4.24. The van der Waals surface area contributed by atoms with Crippen LogP contribution in [-0.2, 0) is 0 Å². The molecule has 4 aromatic rings. The Morgan fingerprint density at radius 1 is 0.960 bits per heavy atom. The highest BCUT2D eigenvalue weighted by Crippen LogP contribution is 2.25. The lowest BCUT2D eigenvalue weighted by Gasteiger charge is -2.07. The number of aromatic hydroxyl groups is 1. The molecule has 1 heterocycles. The van der Waals surface area contributed by atoms with E-state index in [-0.39, 0.29) is 5.75 Å². The van der Waals surface area contributed by atoms with Gasteiger partial charge in [0, 0.05) is 10.9 Å². The third kappa shape index (κ3) is 2.90. The van der Waals surface area contributed by atoms with Crippen LogP contribution in [-0.4, -0.2) is 16.3 Å². The van der Waals surface area contributed by atoms with E-state index in [4.69, 9.17) is 0 Å². The fourth-order valence-corrected chi connectivity index (χ4v) is 2.99. The van der Waals surface area contributed by atoms with Crippen molar-refractivity contribution >= 4 is 33.7 Å². The maximum atomic E-state index is 10.2. The topological polar surface area (TPSA) is 57.5 Å². The van der Waals surface area contributed by atoms with Crippen molar-refractivity contribution in [1.29, 1.82) is 0 Å². The Bertz CT molecular complexity index is 1100. The van der Waals surface area contributed by atoms with Gasteiger partial charge in [0.15, 0.2) is 0 Å². The van der Waals surface area contributed by atoms with E-state index in [1.165, 1.54) is 0 Å². The summed E-state index contributed by atoms with van der Waals surface area (Å²) in [7, 11) is 0. The summed E-state index contributed by atoms with van der Waals surface area (Å²) in [6.07, 6.45) is 1.63. The second-order valence-corrected chi connectivity index (χ2v) is 5.93. The molecule has 4 heteroatoms. The number of benzene rings is 3. The first-order valence-corrected chi connectivity index (χ1v) is 8.08. The molecule has 25 heavy (non-hydrogen) atoms. The van der Waals surface area contributed by atoms with Crippen molar-refractivity contribution < 1.29 is 5.11 Å². The maximum absolute atomic E-state index is 10.2. The lowest BCUT2D eigenvalue weighted by atomic mass is 10.0. The Morgan fingerprint density at radius 2 is 1.72 bits per heavy atom. The van der Waals surface area contributed by atoms with Gasteiger partial charge in [-0.1, -0.05) is 48.5 Å². The molecule has 0 spiro atoms. The number of fused-ring (bicyclic) bond motifs is 2. The van der Waals surface area contributed by atoms with E-state index in [1.807, 2.05) is 54.6 Å². The summed E-state index contributed by atoms with van der Waals surface area (Å²) in [5, 5.41) is 17.6. The molecular formula is C21H17N3O. The zero-order valence-corrected chi connectivity index (χ0v) is 13.8. The summed E-state index contributed by atoms with van der Waals surface area (Å²) in [4.78, 5) is 4.56. The van der Waals surface area contributed by atoms with Gasteiger partial charge >= 0.3 is 0 Å². The molecule has 0 atom stereocenters. The van der Waals surface area contributed by atoms with Gasteiger partial charge in [-0.3, -0.25) is 5.43 Å². The second kappa shape index (κ2) is 6.24. The number of para-hydroxylation sites is 1. The van der Waals surface area contributed by atoms with Crippen LogP contribution in [0.3, 0.4) is 0 Å². The van der Waals surface area contributed by atoms with E-state index in [0.717, 1.165) is 27.2 Å². The van der Waals surface area contributed by atoms with E-state index in [1.54, 1.807) is 12.3 Å². The normalized spacial score (nSPS) is 11.4. The molecule has 3 aromatic carbocycles. The van der Waals surface area contributed by atoms with Crippen molar-refractivity contribution in [2.24, 2.45) is 5.10 Å². The number of phenols is 1. The molecule has 0 amide bonds. The van der Waals surface area contributed by atoms with Crippen LogP contribution in [0.5, 0.6) is 5.75 Å². The number of nitrogens with zero attached hydrogens (tertiary/aromatic N) is 2. The number of phenolic OH excluding ortho intramolecular Hbond substituents is 1. The average molecular weight is 327 g/mol. The molecule has 4 nitrogen and oxygen atoms in total. The number of hydrogen-bond donors (Lipinski definition) is 2. The fourth-order valence-electron chi connectivity index (χ4n) is 2.99. The summed E-state index contributed by atoms with van der Waals surface area (Å²) in [6.45, 7) is 2.05. The zero-order chi connectivity index (χ0) is 17.2. The molecule has 4 rings (SSSR count). The van der Waals surface area contributed by atoms with Crippen LogP contribution < -0.4 is 5.43 Å².